The summed E-state index contributed by atoms with van der Waals surface area (Å²) in [6.45, 7) is 1.93. The number of nitrogens with zero attached hydrogens (tertiary/aromatic N) is 2. The smallest absolute Gasteiger partial charge is 0.408 e. The fraction of sp³-hybridized carbons (Fsp3) is 0.579. The van der Waals surface area contributed by atoms with E-state index in [1.54, 1.807) is 22.8 Å². The van der Waals surface area contributed by atoms with Gasteiger partial charge < -0.3 is 9.73 Å². The Bertz CT molecular complexity index is 853. The maximum Gasteiger partial charge on any atom is 0.420 e. The van der Waals surface area contributed by atoms with Crippen LogP contribution < -0.4 is 11.1 Å². The zero-order chi connectivity index (χ0) is 18.1. The lowest BCUT2D eigenvalue weighted by Gasteiger charge is -2.32. The van der Waals surface area contributed by atoms with Crippen LogP contribution in [-0.2, 0) is 4.79 Å². The van der Waals surface area contributed by atoms with Crippen molar-refractivity contribution in [1.29, 1.82) is 0 Å². The monoisotopic (exact) mass is 377 g/mol. The summed E-state index contributed by atoms with van der Waals surface area (Å²) in [5.74, 6) is -0.269. The van der Waals surface area contributed by atoms with Crippen molar-refractivity contribution in [2.45, 2.75) is 50.6 Å². The molecule has 1 aliphatic carbocycles. The number of halogens is 1. The van der Waals surface area contributed by atoms with E-state index in [0.717, 1.165) is 37.7 Å². The zero-order valence-electron chi connectivity index (χ0n) is 14.7. The van der Waals surface area contributed by atoms with Crippen molar-refractivity contribution in [3.63, 3.8) is 0 Å². The van der Waals surface area contributed by atoms with E-state index in [9.17, 15) is 9.59 Å². The van der Waals surface area contributed by atoms with Gasteiger partial charge in [0.25, 0.3) is 0 Å². The van der Waals surface area contributed by atoms with Crippen LogP contribution in [0.25, 0.3) is 11.1 Å². The average Bonchev–Trinajstić information content (AvgIpc) is 3.21. The highest BCUT2D eigenvalue weighted by Gasteiger charge is 2.27. The molecule has 1 aliphatic heterocycles. The van der Waals surface area contributed by atoms with Crippen LogP contribution in [0.1, 0.15) is 44.6 Å². The number of carbonyl (C=O) groups is 1. The minimum Gasteiger partial charge on any atom is -0.408 e. The third-order valence-corrected chi connectivity index (χ3v) is 5.74. The van der Waals surface area contributed by atoms with Crippen molar-refractivity contribution < 1.29 is 9.21 Å². The Morgan fingerprint density at radius 3 is 2.85 bits per heavy atom. The van der Waals surface area contributed by atoms with Crippen molar-refractivity contribution in [1.82, 2.24) is 14.8 Å². The molecule has 0 radical (unpaired) electrons. The Labute approximate surface area is 157 Å². The van der Waals surface area contributed by atoms with Crippen molar-refractivity contribution in [2.75, 3.05) is 19.6 Å². The molecular weight excluding hydrogens is 354 g/mol. The van der Waals surface area contributed by atoms with Crippen LogP contribution in [0.3, 0.4) is 0 Å². The average molecular weight is 378 g/mol. The van der Waals surface area contributed by atoms with Gasteiger partial charge in [-0.1, -0.05) is 24.4 Å². The number of rotatable bonds is 4. The largest absolute Gasteiger partial charge is 0.420 e. The van der Waals surface area contributed by atoms with E-state index in [0.29, 0.717) is 29.7 Å². The van der Waals surface area contributed by atoms with Gasteiger partial charge in [0.05, 0.1) is 18.1 Å². The molecular formula is C19H24ClN3O3. The summed E-state index contributed by atoms with van der Waals surface area (Å²) in [6.07, 6.45) is 6.42. The predicted octanol–water partition coefficient (Wildman–Crippen LogP) is 2.94. The second-order valence-electron chi connectivity index (χ2n) is 7.43. The summed E-state index contributed by atoms with van der Waals surface area (Å²) in [5.41, 5.74) is 1.28. The number of carbonyl (C=O) groups excluding carboxylic acids is 1. The van der Waals surface area contributed by atoms with Crippen molar-refractivity contribution in [3.05, 3.63) is 33.8 Å². The normalized spacial score (nSPS) is 22.1. The number of fused-ring (bicyclic) bond motifs is 1. The van der Waals surface area contributed by atoms with Gasteiger partial charge in [0.1, 0.15) is 0 Å². The number of piperidine rings is 1. The highest BCUT2D eigenvalue weighted by molar-refractivity contribution is 6.31. The molecule has 0 spiro atoms. The van der Waals surface area contributed by atoms with Gasteiger partial charge in [-0.2, -0.15) is 0 Å². The number of benzene rings is 1. The molecule has 1 aromatic carbocycles. The maximum absolute atomic E-state index is 12.4. The summed E-state index contributed by atoms with van der Waals surface area (Å²) < 4.78 is 7.06. The molecule has 140 valence electrons. The fourth-order valence-corrected chi connectivity index (χ4v) is 4.45. The number of likely N-dealkylation sites (tertiary alicyclic amines) is 1. The Balaban J connectivity index is 1.47. The van der Waals surface area contributed by atoms with Crippen molar-refractivity contribution in [3.8, 4) is 0 Å². The predicted molar refractivity (Wildman–Crippen MR) is 101 cm³/mol. The van der Waals surface area contributed by atoms with Crippen LogP contribution in [0.15, 0.2) is 27.4 Å². The Kier molecular flexibility index (Phi) is 5.05. The Morgan fingerprint density at radius 1 is 1.23 bits per heavy atom. The molecule has 6 nitrogen and oxygen atoms in total. The van der Waals surface area contributed by atoms with Gasteiger partial charge in [-0.05, 0) is 50.4 Å². The van der Waals surface area contributed by atoms with Gasteiger partial charge in [0.15, 0.2) is 5.58 Å². The molecule has 2 heterocycles. The Hall–Kier alpha value is -1.79. The van der Waals surface area contributed by atoms with E-state index in [1.807, 2.05) is 0 Å². The molecule has 1 aromatic heterocycles. The highest BCUT2D eigenvalue weighted by atomic mass is 35.5. The van der Waals surface area contributed by atoms with Crippen LogP contribution >= 0.6 is 11.6 Å². The van der Waals surface area contributed by atoms with Crippen molar-refractivity contribution in [2.24, 2.45) is 0 Å². The lowest BCUT2D eigenvalue weighted by molar-refractivity contribution is -0.123. The number of aromatic nitrogens is 1. The summed E-state index contributed by atoms with van der Waals surface area (Å²) in [5, 5.41) is 3.72. The summed E-state index contributed by atoms with van der Waals surface area (Å²) >= 11 is 6.10. The van der Waals surface area contributed by atoms with Gasteiger partial charge in [-0.15, -0.1) is 0 Å². The maximum atomic E-state index is 12.4. The van der Waals surface area contributed by atoms with Gasteiger partial charge in [-0.25, -0.2) is 4.79 Å². The molecule has 1 atom stereocenters. The lowest BCUT2D eigenvalue weighted by Crippen LogP contribution is -2.45. The van der Waals surface area contributed by atoms with Crippen LogP contribution in [0.5, 0.6) is 0 Å². The van der Waals surface area contributed by atoms with Crippen LogP contribution in [0, 0.1) is 0 Å². The standard InChI is InChI=1S/C19H24ClN3O3/c20-13-7-8-17-16(10-13)23(19(25)26-17)15-6-3-9-22(11-15)12-18(24)21-14-4-1-2-5-14/h7-8,10,14-15H,1-6,9,11-12H2,(H,21,24). The first-order chi connectivity index (χ1) is 12.6. The molecule has 2 fully saturated rings. The first kappa shape index (κ1) is 17.6. The molecule has 2 aromatic rings. The number of amides is 1. The van der Waals surface area contributed by atoms with Gasteiger partial charge >= 0.3 is 5.76 Å². The van der Waals surface area contributed by atoms with E-state index >= 15 is 0 Å². The van der Waals surface area contributed by atoms with E-state index in [2.05, 4.69) is 10.2 Å². The summed E-state index contributed by atoms with van der Waals surface area (Å²) in [4.78, 5) is 26.8. The quantitative estimate of drug-likeness (QED) is 0.889. The van der Waals surface area contributed by atoms with Crippen LogP contribution in [0.4, 0.5) is 0 Å². The zero-order valence-corrected chi connectivity index (χ0v) is 15.5. The molecule has 1 saturated heterocycles. The van der Waals surface area contributed by atoms with Crippen LogP contribution in [-0.4, -0.2) is 41.1 Å². The number of oxazole rings is 1. The van der Waals surface area contributed by atoms with Gasteiger partial charge in [-0.3, -0.25) is 14.3 Å². The summed E-state index contributed by atoms with van der Waals surface area (Å²) in [7, 11) is 0. The molecule has 4 rings (SSSR count). The molecule has 2 aliphatic rings. The number of hydrogen-bond acceptors (Lipinski definition) is 4. The fourth-order valence-electron chi connectivity index (χ4n) is 4.28. The first-order valence-electron chi connectivity index (χ1n) is 9.42. The molecule has 1 unspecified atom stereocenters. The molecule has 1 N–H and O–H groups in total. The topological polar surface area (TPSA) is 67.5 Å². The summed E-state index contributed by atoms with van der Waals surface area (Å²) in [6, 6.07) is 5.55. The van der Waals surface area contributed by atoms with Crippen molar-refractivity contribution >= 4 is 28.6 Å². The van der Waals surface area contributed by atoms with E-state index < -0.39 is 0 Å². The Morgan fingerprint density at radius 2 is 2.04 bits per heavy atom. The molecule has 26 heavy (non-hydrogen) atoms. The second kappa shape index (κ2) is 7.45. The van der Waals surface area contributed by atoms with E-state index in [1.165, 1.54) is 12.8 Å². The molecule has 1 saturated carbocycles. The highest BCUT2D eigenvalue weighted by Crippen LogP contribution is 2.26. The second-order valence-corrected chi connectivity index (χ2v) is 7.87. The van der Waals surface area contributed by atoms with Gasteiger partial charge in [0.2, 0.25) is 5.91 Å². The number of hydrogen-bond donors (Lipinski definition) is 1. The van der Waals surface area contributed by atoms with Crippen LogP contribution in [0.2, 0.25) is 5.02 Å². The molecule has 7 heteroatoms. The van der Waals surface area contributed by atoms with Gasteiger partial charge in [0, 0.05) is 17.6 Å². The minimum atomic E-state index is -0.357. The lowest BCUT2D eigenvalue weighted by atomic mass is 10.1. The van der Waals surface area contributed by atoms with E-state index in [-0.39, 0.29) is 17.7 Å². The SMILES string of the molecule is O=C(CN1CCCC(n2c(=O)oc3ccc(Cl)cc32)C1)NC1CCCC1. The molecule has 0 bridgehead atoms. The molecule has 1 amide bonds. The van der Waals surface area contributed by atoms with E-state index in [4.69, 9.17) is 16.0 Å². The number of nitrogens with one attached hydrogen (secondary N) is 1. The minimum absolute atomic E-state index is 0.00440. The third-order valence-electron chi connectivity index (χ3n) is 5.51. The first-order valence-corrected chi connectivity index (χ1v) is 9.80. The third kappa shape index (κ3) is 3.67.